The molecule has 3 atom stereocenters. The van der Waals surface area contributed by atoms with Crippen LogP contribution >= 0.6 is 0 Å². The van der Waals surface area contributed by atoms with Crippen molar-refractivity contribution in [1.82, 2.24) is 4.57 Å². The SMILES string of the molecule is Cc1cc2c3c(c1)-n1c4c(cc(C(C)(C)C)cc4c4oc5ccccc5c41)B3c1ccc(N(c3ccc(C(C)(C)C)cc3)c3ccc(C(C)(C)C)cc3)cc1N2c1cccc2c1[C@]13CC1C=CCC3O2. The van der Waals surface area contributed by atoms with Gasteiger partial charge in [0.25, 0.3) is 6.71 Å². The van der Waals surface area contributed by atoms with Crippen LogP contribution < -0.4 is 30.9 Å². The molecule has 1 fully saturated rings. The van der Waals surface area contributed by atoms with Crippen LogP contribution in [0, 0.1) is 12.8 Å². The number of anilines is 6. The summed E-state index contributed by atoms with van der Waals surface area (Å²) in [6, 6.07) is 51.1. The molecule has 5 nitrogen and oxygen atoms in total. The molecule has 9 aromatic rings. The second-order valence-electron chi connectivity index (χ2n) is 24.3. The van der Waals surface area contributed by atoms with Crippen molar-refractivity contribution in [1.29, 1.82) is 0 Å². The monoisotopic (exact) mass is 913 g/mol. The van der Waals surface area contributed by atoms with Gasteiger partial charge in [0.15, 0.2) is 5.58 Å². The number of allylic oxidation sites excluding steroid dienone is 1. The summed E-state index contributed by atoms with van der Waals surface area (Å²) in [5.41, 5.74) is 23.0. The maximum absolute atomic E-state index is 7.01. The van der Waals surface area contributed by atoms with E-state index in [9.17, 15) is 0 Å². The van der Waals surface area contributed by atoms with Gasteiger partial charge in [-0.3, -0.25) is 0 Å². The molecule has 5 aliphatic rings. The molecule has 1 spiro atoms. The van der Waals surface area contributed by atoms with Gasteiger partial charge in [0.05, 0.1) is 11.2 Å². The molecule has 6 heteroatoms. The van der Waals surface area contributed by atoms with Crippen molar-refractivity contribution >= 4 is 90.2 Å². The highest BCUT2D eigenvalue weighted by atomic mass is 16.5. The third-order valence-electron chi connectivity index (χ3n) is 16.8. The smallest absolute Gasteiger partial charge is 0.252 e. The molecule has 2 unspecified atom stereocenters. The average molecular weight is 914 g/mol. The van der Waals surface area contributed by atoms with Crippen LogP contribution in [0.5, 0.6) is 5.75 Å². The molecule has 3 aliphatic heterocycles. The first-order valence-corrected chi connectivity index (χ1v) is 25.6. The topological polar surface area (TPSA) is 33.8 Å². The van der Waals surface area contributed by atoms with E-state index in [-0.39, 0.29) is 34.5 Å². The van der Waals surface area contributed by atoms with Crippen molar-refractivity contribution in [2.75, 3.05) is 9.80 Å². The van der Waals surface area contributed by atoms with Crippen molar-refractivity contribution in [2.24, 2.45) is 5.92 Å². The molecule has 14 rings (SSSR count). The summed E-state index contributed by atoms with van der Waals surface area (Å²) in [6.45, 7) is 23.0. The first kappa shape index (κ1) is 42.0. The highest BCUT2D eigenvalue weighted by Gasteiger charge is 2.66. The van der Waals surface area contributed by atoms with E-state index in [1.165, 1.54) is 77.9 Å². The van der Waals surface area contributed by atoms with Gasteiger partial charge in [-0.2, -0.15) is 0 Å². The predicted molar refractivity (Wildman–Crippen MR) is 293 cm³/mol. The molecule has 2 aliphatic carbocycles. The molecule has 346 valence electrons. The zero-order chi connectivity index (χ0) is 48.0. The number of aryl methyl sites for hydroxylation is 1. The summed E-state index contributed by atoms with van der Waals surface area (Å²) in [7, 11) is 0. The lowest BCUT2D eigenvalue weighted by atomic mass is 9.33. The van der Waals surface area contributed by atoms with Crippen LogP contribution in [-0.4, -0.2) is 17.4 Å². The maximum Gasteiger partial charge on any atom is 0.252 e. The van der Waals surface area contributed by atoms with Gasteiger partial charge in [0.1, 0.15) is 23.0 Å². The first-order chi connectivity index (χ1) is 33.5. The number of hydrogen-bond acceptors (Lipinski definition) is 4. The van der Waals surface area contributed by atoms with E-state index in [2.05, 4.69) is 229 Å². The summed E-state index contributed by atoms with van der Waals surface area (Å²) in [6.07, 6.45) is 7.03. The minimum atomic E-state index is -0.101. The third kappa shape index (κ3) is 5.74. The molecule has 0 radical (unpaired) electrons. The lowest BCUT2D eigenvalue weighted by molar-refractivity contribution is 0.190. The van der Waals surface area contributed by atoms with Crippen molar-refractivity contribution in [3.05, 3.63) is 173 Å². The number of furan rings is 1. The number of benzene rings is 7. The van der Waals surface area contributed by atoms with Crippen molar-refractivity contribution in [3.63, 3.8) is 0 Å². The Morgan fingerprint density at radius 1 is 0.600 bits per heavy atom. The Bertz CT molecular complexity index is 3680. The Kier molecular flexibility index (Phi) is 8.34. The molecular weight excluding hydrogens is 854 g/mol. The average Bonchev–Trinajstić information content (AvgIpc) is 3.64. The highest BCUT2D eigenvalue weighted by Crippen LogP contribution is 2.68. The van der Waals surface area contributed by atoms with Crippen molar-refractivity contribution in [3.8, 4) is 11.4 Å². The Morgan fingerprint density at radius 3 is 1.97 bits per heavy atom. The van der Waals surface area contributed by atoms with Gasteiger partial charge < -0.3 is 23.5 Å². The van der Waals surface area contributed by atoms with E-state index in [0.717, 1.165) is 57.7 Å². The van der Waals surface area contributed by atoms with E-state index in [0.29, 0.717) is 5.92 Å². The van der Waals surface area contributed by atoms with Gasteiger partial charge in [-0.25, -0.2) is 0 Å². The van der Waals surface area contributed by atoms with E-state index in [4.69, 9.17) is 9.15 Å². The summed E-state index contributed by atoms with van der Waals surface area (Å²) in [5, 5.41) is 2.32. The van der Waals surface area contributed by atoms with Crippen LogP contribution in [0.25, 0.3) is 38.7 Å². The minimum Gasteiger partial charge on any atom is -0.489 e. The Hall–Kier alpha value is -6.92. The summed E-state index contributed by atoms with van der Waals surface area (Å²) >= 11 is 0. The number of ether oxygens (including phenoxy) is 1. The molecule has 7 aromatic carbocycles. The fourth-order valence-corrected chi connectivity index (χ4v) is 13.1. The van der Waals surface area contributed by atoms with E-state index in [1.807, 2.05) is 0 Å². The molecule has 5 heterocycles. The standard InChI is InChI=1S/C64H60BN3O2/c1-37-31-51-57-52(32-37)68-58-46(60-59(68)45-16-11-12-18-53(45)70-60)33-41(63(8,9)10)34-48(58)65(57)47-30-29-44(35-50(47)67(51)49-17-14-19-54-56(49)64-36-40(64)15-13-20-55(64)69-54)66(42-25-21-38(22-26-42)61(2,3)4)43-27-23-39(24-28-43)62(5,6)7/h11-19,21-35,40,55H,20,36H2,1-10H3/t40?,55?,64-/m1/s1. The molecule has 0 bridgehead atoms. The predicted octanol–water partition coefficient (Wildman–Crippen LogP) is 14.8. The van der Waals surface area contributed by atoms with Crippen LogP contribution in [0.2, 0.25) is 0 Å². The zero-order valence-corrected chi connectivity index (χ0v) is 42.2. The van der Waals surface area contributed by atoms with Crippen LogP contribution in [0.3, 0.4) is 0 Å². The highest BCUT2D eigenvalue weighted by molar-refractivity contribution is 7.00. The summed E-state index contributed by atoms with van der Waals surface area (Å²) in [5.74, 6) is 1.51. The van der Waals surface area contributed by atoms with Crippen LogP contribution in [0.1, 0.15) is 103 Å². The summed E-state index contributed by atoms with van der Waals surface area (Å²) < 4.78 is 16.5. The van der Waals surface area contributed by atoms with Crippen molar-refractivity contribution < 1.29 is 9.15 Å². The molecule has 70 heavy (non-hydrogen) atoms. The zero-order valence-electron chi connectivity index (χ0n) is 42.2. The van der Waals surface area contributed by atoms with Gasteiger partial charge in [-0.1, -0.05) is 129 Å². The molecule has 0 N–H and O–H groups in total. The second kappa shape index (κ2) is 13.9. The fourth-order valence-electron chi connectivity index (χ4n) is 13.1. The largest absolute Gasteiger partial charge is 0.489 e. The molecule has 1 saturated carbocycles. The fraction of sp³-hybridized carbons (Fsp3) is 0.281. The van der Waals surface area contributed by atoms with Crippen LogP contribution in [0.15, 0.2) is 150 Å². The number of aromatic nitrogens is 1. The van der Waals surface area contributed by atoms with Gasteiger partial charge in [0, 0.05) is 62.3 Å². The van der Waals surface area contributed by atoms with E-state index in [1.54, 1.807) is 0 Å². The second-order valence-corrected chi connectivity index (χ2v) is 24.3. The number of nitrogens with zero attached hydrogens (tertiary/aromatic N) is 3. The molecule has 2 aromatic heterocycles. The normalized spacial score (nSPS) is 19.5. The van der Waals surface area contributed by atoms with Crippen molar-refractivity contribution in [2.45, 2.75) is 110 Å². The number of hydrogen-bond donors (Lipinski definition) is 0. The molecule has 0 amide bonds. The number of rotatable bonds is 4. The Balaban J connectivity index is 1.08. The summed E-state index contributed by atoms with van der Waals surface area (Å²) in [4.78, 5) is 5.12. The Morgan fingerprint density at radius 2 is 1.27 bits per heavy atom. The van der Waals surface area contributed by atoms with Crippen LogP contribution in [-0.2, 0) is 21.7 Å². The van der Waals surface area contributed by atoms with Crippen LogP contribution in [0.4, 0.5) is 34.1 Å². The van der Waals surface area contributed by atoms with Gasteiger partial charge in [-0.15, -0.1) is 0 Å². The minimum absolute atomic E-state index is 0.0303. The number of para-hydroxylation sites is 1. The number of fused-ring (bicyclic) bond motifs is 10. The molecular formula is C64H60BN3O2. The lowest BCUT2D eigenvalue weighted by Gasteiger charge is -2.42. The lowest BCUT2D eigenvalue weighted by Crippen LogP contribution is -2.60. The quantitative estimate of drug-likeness (QED) is 0.130. The Labute approximate surface area is 412 Å². The van der Waals surface area contributed by atoms with E-state index >= 15 is 0 Å². The first-order valence-electron chi connectivity index (χ1n) is 25.6. The maximum atomic E-state index is 7.01. The van der Waals surface area contributed by atoms with Gasteiger partial charge >= 0.3 is 0 Å². The van der Waals surface area contributed by atoms with Gasteiger partial charge in [-0.05, 0) is 153 Å². The third-order valence-corrected chi connectivity index (χ3v) is 16.8. The van der Waals surface area contributed by atoms with Gasteiger partial charge in [0.2, 0.25) is 0 Å². The molecule has 0 saturated heterocycles. The van der Waals surface area contributed by atoms with E-state index < -0.39 is 0 Å².